The summed E-state index contributed by atoms with van der Waals surface area (Å²) in [6.45, 7) is 5.58. The molecule has 2 aliphatic rings. The Kier molecular flexibility index (Phi) is 3.63. The van der Waals surface area contributed by atoms with Crippen LogP contribution in [0.5, 0.6) is 0 Å². The number of para-hydroxylation sites is 1. The Balaban J connectivity index is 1.77. The van der Waals surface area contributed by atoms with E-state index in [1.165, 1.54) is 40.8 Å². The number of fused-ring (bicyclic) bond motifs is 3. The lowest BCUT2D eigenvalue weighted by molar-refractivity contribution is 0.612. The molecule has 1 N–H and O–H groups in total. The van der Waals surface area contributed by atoms with Crippen LogP contribution < -0.4 is 10.2 Å². The SMILES string of the molecule is CCc1ccc(-c2cccc3c2N2CCNCCC2C3)cc1. The average molecular weight is 292 g/mol. The minimum absolute atomic E-state index is 0.682. The van der Waals surface area contributed by atoms with Gasteiger partial charge < -0.3 is 10.2 Å². The van der Waals surface area contributed by atoms with Gasteiger partial charge in [-0.05, 0) is 42.5 Å². The molecular weight excluding hydrogens is 268 g/mol. The molecule has 2 heterocycles. The first-order chi connectivity index (χ1) is 10.9. The van der Waals surface area contributed by atoms with Crippen LogP contribution in [-0.4, -0.2) is 25.7 Å². The van der Waals surface area contributed by atoms with Gasteiger partial charge in [-0.2, -0.15) is 0 Å². The van der Waals surface area contributed by atoms with Crippen molar-refractivity contribution in [3.63, 3.8) is 0 Å². The van der Waals surface area contributed by atoms with E-state index in [0.29, 0.717) is 6.04 Å². The largest absolute Gasteiger partial charge is 0.366 e. The molecule has 0 radical (unpaired) electrons. The lowest BCUT2D eigenvalue weighted by atomic mass is 9.98. The molecule has 0 aliphatic carbocycles. The van der Waals surface area contributed by atoms with Gasteiger partial charge in [0.2, 0.25) is 0 Å². The second-order valence-electron chi connectivity index (χ2n) is 6.45. The zero-order valence-electron chi connectivity index (χ0n) is 13.3. The van der Waals surface area contributed by atoms with E-state index in [1.54, 1.807) is 0 Å². The molecule has 4 rings (SSSR count). The van der Waals surface area contributed by atoms with Crippen LogP contribution in [0, 0.1) is 0 Å². The summed E-state index contributed by atoms with van der Waals surface area (Å²) in [5, 5.41) is 3.54. The number of aryl methyl sites for hydroxylation is 1. The van der Waals surface area contributed by atoms with E-state index in [2.05, 4.69) is 59.6 Å². The monoisotopic (exact) mass is 292 g/mol. The first kappa shape index (κ1) is 13.8. The zero-order chi connectivity index (χ0) is 14.9. The predicted octanol–water partition coefficient (Wildman–Crippen LogP) is 3.64. The number of hydrogen-bond acceptors (Lipinski definition) is 2. The Hall–Kier alpha value is -1.80. The third-order valence-electron chi connectivity index (χ3n) is 5.16. The highest BCUT2D eigenvalue weighted by Gasteiger charge is 2.31. The van der Waals surface area contributed by atoms with Gasteiger partial charge in [0.05, 0.1) is 0 Å². The molecule has 1 saturated heterocycles. The minimum Gasteiger partial charge on any atom is -0.366 e. The van der Waals surface area contributed by atoms with Crippen molar-refractivity contribution in [1.29, 1.82) is 0 Å². The fraction of sp³-hybridized carbons (Fsp3) is 0.400. The highest BCUT2D eigenvalue weighted by atomic mass is 15.2. The standard InChI is InChI=1S/C20H24N2/c1-2-15-6-8-16(9-7-15)19-5-3-4-17-14-18-10-11-21-12-13-22(18)20(17)19/h3-9,18,21H,2,10-14H2,1H3. The number of rotatable bonds is 2. The Labute approximate surface area is 133 Å². The Morgan fingerprint density at radius 1 is 1.09 bits per heavy atom. The van der Waals surface area contributed by atoms with E-state index >= 15 is 0 Å². The fourth-order valence-corrected chi connectivity index (χ4v) is 3.94. The van der Waals surface area contributed by atoms with Gasteiger partial charge in [0, 0.05) is 30.4 Å². The molecule has 0 spiro atoms. The van der Waals surface area contributed by atoms with E-state index in [9.17, 15) is 0 Å². The van der Waals surface area contributed by atoms with Gasteiger partial charge in [-0.1, -0.05) is 49.4 Å². The highest BCUT2D eigenvalue weighted by molar-refractivity contribution is 5.83. The molecule has 1 unspecified atom stereocenters. The predicted molar refractivity (Wildman–Crippen MR) is 93.6 cm³/mol. The smallest absolute Gasteiger partial charge is 0.0482 e. The van der Waals surface area contributed by atoms with Crippen molar-refractivity contribution in [3.05, 3.63) is 53.6 Å². The summed E-state index contributed by atoms with van der Waals surface area (Å²) in [5.41, 5.74) is 7.19. The number of benzene rings is 2. The van der Waals surface area contributed by atoms with Gasteiger partial charge in [-0.25, -0.2) is 0 Å². The van der Waals surface area contributed by atoms with Gasteiger partial charge in [0.1, 0.15) is 0 Å². The van der Waals surface area contributed by atoms with E-state index in [0.717, 1.165) is 26.1 Å². The van der Waals surface area contributed by atoms with Crippen LogP contribution in [0.4, 0.5) is 5.69 Å². The molecule has 2 aromatic carbocycles. The number of hydrogen-bond donors (Lipinski definition) is 1. The molecule has 1 atom stereocenters. The van der Waals surface area contributed by atoms with Crippen LogP contribution in [0.2, 0.25) is 0 Å². The summed E-state index contributed by atoms with van der Waals surface area (Å²) in [4.78, 5) is 2.65. The molecule has 0 saturated carbocycles. The molecule has 2 aliphatic heterocycles. The molecule has 2 aromatic rings. The molecule has 114 valence electrons. The highest BCUT2D eigenvalue weighted by Crippen LogP contribution is 2.41. The third-order valence-corrected chi connectivity index (χ3v) is 5.16. The molecule has 0 bridgehead atoms. The van der Waals surface area contributed by atoms with Crippen molar-refractivity contribution < 1.29 is 0 Å². The lowest BCUT2D eigenvalue weighted by Gasteiger charge is -2.26. The van der Waals surface area contributed by atoms with Crippen LogP contribution in [0.1, 0.15) is 24.5 Å². The summed E-state index contributed by atoms with van der Waals surface area (Å²) in [6.07, 6.45) is 3.56. The van der Waals surface area contributed by atoms with Crippen molar-refractivity contribution in [2.75, 3.05) is 24.5 Å². The minimum atomic E-state index is 0.682. The average Bonchev–Trinajstić information content (AvgIpc) is 2.76. The van der Waals surface area contributed by atoms with Crippen molar-refractivity contribution in [2.24, 2.45) is 0 Å². The summed E-state index contributed by atoms with van der Waals surface area (Å²) in [7, 11) is 0. The molecular formula is C20H24N2. The van der Waals surface area contributed by atoms with Gasteiger partial charge in [-0.15, -0.1) is 0 Å². The molecule has 0 amide bonds. The van der Waals surface area contributed by atoms with Crippen molar-refractivity contribution in [3.8, 4) is 11.1 Å². The van der Waals surface area contributed by atoms with Crippen molar-refractivity contribution >= 4 is 5.69 Å². The topological polar surface area (TPSA) is 15.3 Å². The van der Waals surface area contributed by atoms with Crippen molar-refractivity contribution in [2.45, 2.75) is 32.2 Å². The van der Waals surface area contributed by atoms with E-state index in [4.69, 9.17) is 0 Å². The molecule has 2 nitrogen and oxygen atoms in total. The second-order valence-corrected chi connectivity index (χ2v) is 6.45. The summed E-state index contributed by atoms with van der Waals surface area (Å²) >= 11 is 0. The first-order valence-corrected chi connectivity index (χ1v) is 8.55. The maximum absolute atomic E-state index is 3.54. The van der Waals surface area contributed by atoms with E-state index in [-0.39, 0.29) is 0 Å². The third kappa shape index (κ3) is 2.32. The fourth-order valence-electron chi connectivity index (χ4n) is 3.94. The van der Waals surface area contributed by atoms with Crippen LogP contribution in [-0.2, 0) is 12.8 Å². The number of nitrogens with zero attached hydrogens (tertiary/aromatic N) is 1. The van der Waals surface area contributed by atoms with Crippen LogP contribution in [0.15, 0.2) is 42.5 Å². The van der Waals surface area contributed by atoms with E-state index in [1.807, 2.05) is 0 Å². The quantitative estimate of drug-likeness (QED) is 0.909. The second kappa shape index (κ2) is 5.77. The van der Waals surface area contributed by atoms with Gasteiger partial charge in [0.15, 0.2) is 0 Å². The molecule has 0 aromatic heterocycles. The molecule has 1 fully saturated rings. The Morgan fingerprint density at radius 3 is 2.77 bits per heavy atom. The lowest BCUT2D eigenvalue weighted by Crippen LogP contribution is -2.33. The first-order valence-electron chi connectivity index (χ1n) is 8.55. The maximum atomic E-state index is 3.54. The number of anilines is 1. The van der Waals surface area contributed by atoms with Gasteiger partial charge >= 0.3 is 0 Å². The van der Waals surface area contributed by atoms with Crippen LogP contribution in [0.25, 0.3) is 11.1 Å². The zero-order valence-corrected chi connectivity index (χ0v) is 13.3. The summed E-state index contributed by atoms with van der Waals surface area (Å²) < 4.78 is 0. The summed E-state index contributed by atoms with van der Waals surface area (Å²) in [6, 6.07) is 16.6. The maximum Gasteiger partial charge on any atom is 0.0482 e. The number of nitrogens with one attached hydrogen (secondary N) is 1. The van der Waals surface area contributed by atoms with Gasteiger partial charge in [0.25, 0.3) is 0 Å². The Bertz CT molecular complexity index is 660. The Morgan fingerprint density at radius 2 is 1.95 bits per heavy atom. The van der Waals surface area contributed by atoms with Gasteiger partial charge in [-0.3, -0.25) is 0 Å². The van der Waals surface area contributed by atoms with E-state index < -0.39 is 0 Å². The molecule has 22 heavy (non-hydrogen) atoms. The van der Waals surface area contributed by atoms with Crippen LogP contribution in [0.3, 0.4) is 0 Å². The van der Waals surface area contributed by atoms with Crippen LogP contribution >= 0.6 is 0 Å². The van der Waals surface area contributed by atoms with Crippen molar-refractivity contribution in [1.82, 2.24) is 5.32 Å². The molecule has 2 heteroatoms. The normalized spacial score (nSPS) is 20.4. The summed E-state index contributed by atoms with van der Waals surface area (Å²) in [5.74, 6) is 0.